The van der Waals surface area contributed by atoms with Gasteiger partial charge in [-0.1, -0.05) is 6.92 Å². The van der Waals surface area contributed by atoms with Crippen molar-refractivity contribution in [2.75, 3.05) is 0 Å². The zero-order chi connectivity index (χ0) is 19.3. The second kappa shape index (κ2) is 5.47. The number of rotatable bonds is 6. The van der Waals surface area contributed by atoms with Gasteiger partial charge in [-0.25, -0.2) is 0 Å². The molecule has 0 radical (unpaired) electrons. The average Bonchev–Trinajstić information content (AvgIpc) is 2.35. The maximum atomic E-state index is 13.7. The summed E-state index contributed by atoms with van der Waals surface area (Å²) in [5.41, 5.74) is -3.61. The molecule has 0 amide bonds. The van der Waals surface area contributed by atoms with Crippen LogP contribution < -0.4 is 0 Å². The molecule has 0 aromatic rings. The lowest BCUT2D eigenvalue weighted by Gasteiger charge is -2.42. The fourth-order valence-electron chi connectivity index (χ4n) is 1.58. The van der Waals surface area contributed by atoms with Crippen LogP contribution in [0.4, 0.5) is 48.3 Å². The Bertz CT molecular complexity index is 461. The average molecular weight is 368 g/mol. The van der Waals surface area contributed by atoms with Crippen molar-refractivity contribution in [3.63, 3.8) is 0 Å². The SMILES string of the molecule is CCC(=O)C(C)(C)C(F)(F)C(F)(F)C(F)(F)C(F)(F)C(F)(F)F. The van der Waals surface area contributed by atoms with Gasteiger partial charge < -0.3 is 0 Å². The Labute approximate surface area is 122 Å². The Morgan fingerprint density at radius 1 is 0.652 bits per heavy atom. The van der Waals surface area contributed by atoms with Crippen molar-refractivity contribution in [3.8, 4) is 0 Å². The highest BCUT2D eigenvalue weighted by Gasteiger charge is 2.89. The molecule has 0 atom stereocenters. The molecule has 12 heteroatoms. The Kier molecular flexibility index (Phi) is 5.21. The molecular formula is C11H11F11O. The van der Waals surface area contributed by atoms with E-state index < -0.39 is 47.5 Å². The number of halogens is 11. The summed E-state index contributed by atoms with van der Waals surface area (Å²) in [4.78, 5) is 11.2. The van der Waals surface area contributed by atoms with Crippen molar-refractivity contribution in [2.24, 2.45) is 5.41 Å². The van der Waals surface area contributed by atoms with Gasteiger partial charge in [0.05, 0.1) is 5.41 Å². The molecule has 0 saturated carbocycles. The highest BCUT2D eigenvalue weighted by molar-refractivity contribution is 5.85. The Morgan fingerprint density at radius 3 is 1.22 bits per heavy atom. The number of alkyl halides is 11. The molecule has 1 nitrogen and oxygen atoms in total. The van der Waals surface area contributed by atoms with Gasteiger partial charge in [0, 0.05) is 6.42 Å². The van der Waals surface area contributed by atoms with Gasteiger partial charge in [-0.2, -0.15) is 48.3 Å². The van der Waals surface area contributed by atoms with E-state index in [0.717, 1.165) is 6.92 Å². The lowest BCUT2D eigenvalue weighted by Crippen LogP contribution is -2.70. The standard InChI is InChI=1S/C11H11F11O/c1-4-5(23)6(2,3)7(12,13)8(14,15)9(16,17)10(18,19)11(20,21)22/h4H2,1-3H3. The fourth-order valence-corrected chi connectivity index (χ4v) is 1.58. The quantitative estimate of drug-likeness (QED) is 0.597. The second-order valence-corrected chi connectivity index (χ2v) is 5.20. The maximum absolute atomic E-state index is 13.7. The van der Waals surface area contributed by atoms with Crippen LogP contribution in [0.2, 0.25) is 0 Å². The molecule has 0 unspecified atom stereocenters. The molecule has 0 bridgehead atoms. The third kappa shape index (κ3) is 2.77. The van der Waals surface area contributed by atoms with Gasteiger partial charge in [0.25, 0.3) is 0 Å². The molecule has 0 fully saturated rings. The molecular weight excluding hydrogens is 357 g/mol. The first-order chi connectivity index (χ1) is 9.73. The first-order valence-corrected chi connectivity index (χ1v) is 5.84. The van der Waals surface area contributed by atoms with Gasteiger partial charge in [0.1, 0.15) is 5.78 Å². The van der Waals surface area contributed by atoms with Crippen LogP contribution in [0.5, 0.6) is 0 Å². The molecule has 23 heavy (non-hydrogen) atoms. The number of carbonyl (C=O) groups excluding carboxylic acids is 1. The normalized spacial score (nSPS) is 15.7. The predicted molar refractivity (Wildman–Crippen MR) is 54.9 cm³/mol. The molecule has 138 valence electrons. The maximum Gasteiger partial charge on any atom is 0.460 e. The van der Waals surface area contributed by atoms with Crippen LogP contribution in [-0.4, -0.2) is 35.6 Å². The molecule has 0 aliphatic carbocycles. The molecule has 0 aromatic heterocycles. The van der Waals surface area contributed by atoms with Crippen LogP contribution in [0, 0.1) is 5.41 Å². The summed E-state index contributed by atoms with van der Waals surface area (Å²) in [5.74, 6) is -30.0. The lowest BCUT2D eigenvalue weighted by atomic mass is 9.75. The van der Waals surface area contributed by atoms with E-state index in [4.69, 9.17) is 0 Å². The van der Waals surface area contributed by atoms with E-state index in [1.807, 2.05) is 0 Å². The van der Waals surface area contributed by atoms with Crippen molar-refractivity contribution in [2.45, 2.75) is 57.1 Å². The summed E-state index contributed by atoms with van der Waals surface area (Å²) < 4.78 is 141. The van der Waals surface area contributed by atoms with Crippen molar-refractivity contribution >= 4 is 5.78 Å². The Hall–Kier alpha value is -1.10. The van der Waals surface area contributed by atoms with Gasteiger partial charge in [0.15, 0.2) is 0 Å². The highest BCUT2D eigenvalue weighted by Crippen LogP contribution is 2.61. The van der Waals surface area contributed by atoms with Crippen LogP contribution in [0.25, 0.3) is 0 Å². The lowest BCUT2D eigenvalue weighted by molar-refractivity contribution is -0.429. The smallest absolute Gasteiger partial charge is 0.299 e. The van der Waals surface area contributed by atoms with E-state index in [1.165, 1.54) is 0 Å². The number of Topliss-reactive ketones (excluding diaryl/α,β-unsaturated/α-hetero) is 1. The first kappa shape index (κ1) is 21.9. The minimum atomic E-state index is -7.49. The van der Waals surface area contributed by atoms with Crippen LogP contribution in [0.15, 0.2) is 0 Å². The monoisotopic (exact) mass is 368 g/mol. The minimum absolute atomic E-state index is 0.0502. The van der Waals surface area contributed by atoms with Gasteiger partial charge in [-0.05, 0) is 13.8 Å². The van der Waals surface area contributed by atoms with Gasteiger partial charge in [-0.3, -0.25) is 4.79 Å². The van der Waals surface area contributed by atoms with Crippen molar-refractivity contribution < 1.29 is 53.1 Å². The van der Waals surface area contributed by atoms with E-state index in [2.05, 4.69) is 0 Å². The molecule has 0 saturated heterocycles. The largest absolute Gasteiger partial charge is 0.460 e. The molecule has 0 spiro atoms. The van der Waals surface area contributed by atoms with Gasteiger partial charge >= 0.3 is 29.9 Å². The van der Waals surface area contributed by atoms with E-state index in [-0.39, 0.29) is 13.8 Å². The predicted octanol–water partition coefficient (Wildman–Crippen LogP) is 5.10. The number of carbonyl (C=O) groups is 1. The first-order valence-electron chi connectivity index (χ1n) is 5.84. The fraction of sp³-hybridized carbons (Fsp3) is 0.909. The molecule has 0 aromatic carbocycles. The summed E-state index contributed by atoms with van der Waals surface area (Å²) in [7, 11) is 0. The zero-order valence-corrected chi connectivity index (χ0v) is 11.8. The zero-order valence-electron chi connectivity index (χ0n) is 11.8. The van der Waals surface area contributed by atoms with Crippen molar-refractivity contribution in [3.05, 3.63) is 0 Å². The van der Waals surface area contributed by atoms with Crippen molar-refractivity contribution in [1.82, 2.24) is 0 Å². The van der Waals surface area contributed by atoms with Gasteiger partial charge in [0.2, 0.25) is 0 Å². The summed E-state index contributed by atoms with van der Waals surface area (Å²) in [6.07, 6.45) is -8.07. The number of hydrogen-bond acceptors (Lipinski definition) is 1. The Morgan fingerprint density at radius 2 is 0.957 bits per heavy atom. The van der Waals surface area contributed by atoms with Crippen LogP contribution >= 0.6 is 0 Å². The summed E-state index contributed by atoms with van der Waals surface area (Å²) >= 11 is 0. The highest BCUT2D eigenvalue weighted by atomic mass is 19.4. The third-order valence-corrected chi connectivity index (χ3v) is 3.34. The molecule has 0 N–H and O–H groups in total. The second-order valence-electron chi connectivity index (χ2n) is 5.20. The third-order valence-electron chi connectivity index (χ3n) is 3.34. The summed E-state index contributed by atoms with van der Waals surface area (Å²) in [6.45, 7) is 0.990. The molecule has 0 aliphatic heterocycles. The van der Waals surface area contributed by atoms with E-state index in [0.29, 0.717) is 0 Å². The molecule has 0 heterocycles. The Balaban J connectivity index is 6.30. The summed E-state index contributed by atoms with van der Waals surface area (Å²) in [6, 6.07) is 0. The van der Waals surface area contributed by atoms with Crippen LogP contribution in [0.1, 0.15) is 27.2 Å². The van der Waals surface area contributed by atoms with Crippen LogP contribution in [-0.2, 0) is 4.79 Å². The van der Waals surface area contributed by atoms with Gasteiger partial charge in [-0.15, -0.1) is 0 Å². The molecule has 0 aliphatic rings. The molecule has 0 rings (SSSR count). The topological polar surface area (TPSA) is 17.1 Å². The number of hydrogen-bond donors (Lipinski definition) is 0. The van der Waals surface area contributed by atoms with E-state index in [9.17, 15) is 53.1 Å². The van der Waals surface area contributed by atoms with E-state index in [1.54, 1.807) is 0 Å². The summed E-state index contributed by atoms with van der Waals surface area (Å²) in [5, 5.41) is 0. The minimum Gasteiger partial charge on any atom is -0.299 e. The van der Waals surface area contributed by atoms with Crippen LogP contribution in [0.3, 0.4) is 0 Å². The van der Waals surface area contributed by atoms with Crippen molar-refractivity contribution in [1.29, 1.82) is 0 Å². The van der Waals surface area contributed by atoms with E-state index >= 15 is 0 Å². The number of ketones is 1.